The molecule has 1 aromatic heterocycles. The number of nitrogens with two attached hydrogens (primary N) is 1. The standard InChI is InChI=1S/C17H15N3/c18-17-19-15(11-13-7-3-1-4-8-13)12-16(20-17)14-9-5-2-6-10-14/h1-10,12H,11H2,(H2,18,19,20). The van der Waals surface area contributed by atoms with Crippen LogP contribution in [-0.4, -0.2) is 9.97 Å². The normalized spacial score (nSPS) is 10.4. The molecule has 0 saturated heterocycles. The molecule has 0 bridgehead atoms. The lowest BCUT2D eigenvalue weighted by Crippen LogP contribution is -2.01. The van der Waals surface area contributed by atoms with Crippen LogP contribution in [0, 0.1) is 0 Å². The van der Waals surface area contributed by atoms with Crippen molar-refractivity contribution in [2.45, 2.75) is 6.42 Å². The van der Waals surface area contributed by atoms with Gasteiger partial charge in [0.2, 0.25) is 5.95 Å². The third-order valence-corrected chi connectivity index (χ3v) is 3.09. The molecule has 1 heterocycles. The van der Waals surface area contributed by atoms with E-state index >= 15 is 0 Å². The third kappa shape index (κ3) is 2.83. The average Bonchev–Trinajstić information content (AvgIpc) is 2.49. The molecule has 3 nitrogen and oxygen atoms in total. The molecule has 2 N–H and O–H groups in total. The highest BCUT2D eigenvalue weighted by Crippen LogP contribution is 2.19. The maximum atomic E-state index is 5.83. The Morgan fingerprint density at radius 1 is 0.800 bits per heavy atom. The molecule has 98 valence electrons. The largest absolute Gasteiger partial charge is 0.368 e. The van der Waals surface area contributed by atoms with Gasteiger partial charge in [-0.15, -0.1) is 0 Å². The van der Waals surface area contributed by atoms with Crippen molar-refractivity contribution in [2.24, 2.45) is 0 Å². The van der Waals surface area contributed by atoms with E-state index in [1.54, 1.807) is 0 Å². The lowest BCUT2D eigenvalue weighted by Gasteiger charge is -2.06. The molecular weight excluding hydrogens is 246 g/mol. The fraction of sp³-hybridized carbons (Fsp3) is 0.0588. The van der Waals surface area contributed by atoms with Crippen molar-refractivity contribution in [1.29, 1.82) is 0 Å². The van der Waals surface area contributed by atoms with Crippen LogP contribution in [0.2, 0.25) is 0 Å². The van der Waals surface area contributed by atoms with Gasteiger partial charge in [0, 0.05) is 12.0 Å². The molecule has 0 saturated carbocycles. The van der Waals surface area contributed by atoms with Crippen LogP contribution in [-0.2, 0) is 6.42 Å². The van der Waals surface area contributed by atoms with Crippen LogP contribution in [0.3, 0.4) is 0 Å². The van der Waals surface area contributed by atoms with Crippen LogP contribution in [0.1, 0.15) is 11.3 Å². The summed E-state index contributed by atoms with van der Waals surface area (Å²) in [4.78, 5) is 8.63. The van der Waals surface area contributed by atoms with E-state index in [2.05, 4.69) is 22.1 Å². The molecule has 0 atom stereocenters. The number of hydrogen-bond acceptors (Lipinski definition) is 3. The van der Waals surface area contributed by atoms with Crippen molar-refractivity contribution in [3.8, 4) is 11.3 Å². The Balaban J connectivity index is 1.95. The van der Waals surface area contributed by atoms with Crippen molar-refractivity contribution in [2.75, 3.05) is 5.73 Å². The lowest BCUT2D eigenvalue weighted by molar-refractivity contribution is 1.04. The van der Waals surface area contributed by atoms with E-state index in [1.165, 1.54) is 5.56 Å². The Labute approximate surface area is 118 Å². The van der Waals surface area contributed by atoms with Crippen LogP contribution >= 0.6 is 0 Å². The lowest BCUT2D eigenvalue weighted by atomic mass is 10.1. The zero-order valence-corrected chi connectivity index (χ0v) is 11.0. The summed E-state index contributed by atoms with van der Waals surface area (Å²) in [5.74, 6) is 0.317. The molecule has 0 aliphatic heterocycles. The summed E-state index contributed by atoms with van der Waals surface area (Å²) in [7, 11) is 0. The highest BCUT2D eigenvalue weighted by molar-refractivity contribution is 5.60. The quantitative estimate of drug-likeness (QED) is 0.787. The van der Waals surface area contributed by atoms with Gasteiger partial charge in [0.25, 0.3) is 0 Å². The van der Waals surface area contributed by atoms with Crippen LogP contribution in [0.25, 0.3) is 11.3 Å². The number of nitrogen functional groups attached to an aromatic ring is 1. The average molecular weight is 261 g/mol. The predicted molar refractivity (Wildman–Crippen MR) is 81.1 cm³/mol. The minimum atomic E-state index is 0.317. The zero-order chi connectivity index (χ0) is 13.8. The van der Waals surface area contributed by atoms with Gasteiger partial charge in [0.15, 0.2) is 0 Å². The summed E-state index contributed by atoms with van der Waals surface area (Å²) in [6.45, 7) is 0. The Bertz CT molecular complexity index is 694. The molecule has 3 aromatic rings. The van der Waals surface area contributed by atoms with Gasteiger partial charge in [0.05, 0.1) is 11.4 Å². The second-order valence-corrected chi connectivity index (χ2v) is 4.63. The molecule has 0 unspecified atom stereocenters. The van der Waals surface area contributed by atoms with E-state index < -0.39 is 0 Å². The number of benzene rings is 2. The second kappa shape index (κ2) is 5.53. The molecule has 3 heteroatoms. The molecule has 0 amide bonds. The van der Waals surface area contributed by atoms with E-state index in [9.17, 15) is 0 Å². The van der Waals surface area contributed by atoms with Gasteiger partial charge in [-0.1, -0.05) is 60.7 Å². The maximum Gasteiger partial charge on any atom is 0.220 e. The monoisotopic (exact) mass is 261 g/mol. The van der Waals surface area contributed by atoms with Gasteiger partial charge in [-0.05, 0) is 11.6 Å². The maximum absolute atomic E-state index is 5.83. The summed E-state index contributed by atoms with van der Waals surface area (Å²) in [6.07, 6.45) is 0.757. The summed E-state index contributed by atoms with van der Waals surface area (Å²) in [5.41, 5.74) is 9.89. The second-order valence-electron chi connectivity index (χ2n) is 4.63. The van der Waals surface area contributed by atoms with Crippen molar-refractivity contribution in [3.05, 3.63) is 78.0 Å². The van der Waals surface area contributed by atoms with Gasteiger partial charge < -0.3 is 5.73 Å². The van der Waals surface area contributed by atoms with Crippen molar-refractivity contribution < 1.29 is 0 Å². The van der Waals surface area contributed by atoms with Gasteiger partial charge in [-0.25, -0.2) is 9.97 Å². The minimum Gasteiger partial charge on any atom is -0.368 e. The van der Waals surface area contributed by atoms with Crippen molar-refractivity contribution >= 4 is 5.95 Å². The van der Waals surface area contributed by atoms with Crippen LogP contribution < -0.4 is 5.73 Å². The zero-order valence-electron chi connectivity index (χ0n) is 11.0. The first-order valence-corrected chi connectivity index (χ1v) is 6.54. The Kier molecular flexibility index (Phi) is 3.42. The Hall–Kier alpha value is -2.68. The smallest absolute Gasteiger partial charge is 0.220 e. The fourth-order valence-electron chi connectivity index (χ4n) is 2.17. The van der Waals surface area contributed by atoms with Crippen molar-refractivity contribution in [1.82, 2.24) is 9.97 Å². The Morgan fingerprint density at radius 3 is 2.15 bits per heavy atom. The molecule has 0 aliphatic rings. The molecule has 0 spiro atoms. The van der Waals surface area contributed by atoms with Gasteiger partial charge >= 0.3 is 0 Å². The van der Waals surface area contributed by atoms with Gasteiger partial charge in [-0.3, -0.25) is 0 Å². The SMILES string of the molecule is Nc1nc(Cc2ccccc2)cc(-c2ccccc2)n1. The van der Waals surface area contributed by atoms with E-state index in [0.717, 1.165) is 23.4 Å². The highest BCUT2D eigenvalue weighted by atomic mass is 15.0. The van der Waals surface area contributed by atoms with E-state index in [4.69, 9.17) is 5.73 Å². The van der Waals surface area contributed by atoms with E-state index in [0.29, 0.717) is 5.95 Å². The summed E-state index contributed by atoms with van der Waals surface area (Å²) >= 11 is 0. The third-order valence-electron chi connectivity index (χ3n) is 3.09. The highest BCUT2D eigenvalue weighted by Gasteiger charge is 2.05. The molecular formula is C17H15N3. The van der Waals surface area contributed by atoms with Gasteiger partial charge in [-0.2, -0.15) is 0 Å². The first kappa shape index (κ1) is 12.4. The molecule has 0 fully saturated rings. The fourth-order valence-corrected chi connectivity index (χ4v) is 2.17. The van der Waals surface area contributed by atoms with Crippen LogP contribution in [0.15, 0.2) is 66.7 Å². The number of hydrogen-bond donors (Lipinski definition) is 1. The van der Waals surface area contributed by atoms with Crippen molar-refractivity contribution in [3.63, 3.8) is 0 Å². The summed E-state index contributed by atoms with van der Waals surface area (Å²) in [5, 5.41) is 0. The molecule has 20 heavy (non-hydrogen) atoms. The molecule has 0 radical (unpaired) electrons. The molecule has 3 rings (SSSR count). The van der Waals surface area contributed by atoms with Crippen LogP contribution in [0.5, 0.6) is 0 Å². The number of nitrogens with zero attached hydrogens (tertiary/aromatic N) is 2. The van der Waals surface area contributed by atoms with E-state index in [1.807, 2.05) is 54.6 Å². The number of rotatable bonds is 3. The number of aromatic nitrogens is 2. The summed E-state index contributed by atoms with van der Waals surface area (Å²) < 4.78 is 0. The predicted octanol–water partition coefficient (Wildman–Crippen LogP) is 3.32. The minimum absolute atomic E-state index is 0.317. The summed E-state index contributed by atoms with van der Waals surface area (Å²) in [6, 6.07) is 22.2. The first-order chi connectivity index (χ1) is 9.81. The van der Waals surface area contributed by atoms with Gasteiger partial charge in [0.1, 0.15) is 0 Å². The van der Waals surface area contributed by atoms with E-state index in [-0.39, 0.29) is 0 Å². The molecule has 0 aliphatic carbocycles. The first-order valence-electron chi connectivity index (χ1n) is 6.54. The Morgan fingerprint density at radius 2 is 1.45 bits per heavy atom. The molecule has 2 aromatic carbocycles. The van der Waals surface area contributed by atoms with Crippen LogP contribution in [0.4, 0.5) is 5.95 Å². The number of anilines is 1. The topological polar surface area (TPSA) is 51.8 Å².